The number of hydrogen-bond donors (Lipinski definition) is 2. The quantitative estimate of drug-likeness (QED) is 0.0637. The van der Waals surface area contributed by atoms with Gasteiger partial charge >= 0.3 is 12.1 Å². The molecule has 366 valence electrons. The Balaban J connectivity index is 1.25. The van der Waals surface area contributed by atoms with Gasteiger partial charge in [0.25, 0.3) is 0 Å². The SMILES string of the molecule is COCCOC(=O)N1C(=O)[C@@]2(c3cc(C#CC4(O)CCCCCC4)ccc31)[C@H](C(=O)N1CCc3cc(OC)c(OC)cc3C1)[C@H]1C(=O)O[C@H](c3ccccc3)[C@H](c3ccccc3)N1[C@@H]2c1ccc(O)cc1. The van der Waals surface area contributed by atoms with Crippen molar-refractivity contribution in [2.45, 2.75) is 86.7 Å². The molecule has 14 heteroatoms. The van der Waals surface area contributed by atoms with Crippen LogP contribution >= 0.6 is 0 Å². The molecule has 4 aliphatic heterocycles. The van der Waals surface area contributed by atoms with Crippen molar-refractivity contribution >= 4 is 29.6 Å². The van der Waals surface area contributed by atoms with Gasteiger partial charge in [0, 0.05) is 25.8 Å². The van der Waals surface area contributed by atoms with Crippen LogP contribution in [-0.2, 0) is 47.0 Å². The minimum atomic E-state index is -2.07. The highest BCUT2D eigenvalue weighted by Crippen LogP contribution is 2.66. The average Bonchev–Trinajstić information content (AvgIpc) is 3.73. The fourth-order valence-electron chi connectivity index (χ4n) is 11.8. The molecule has 0 radical (unpaired) electrons. The highest BCUT2D eigenvalue weighted by atomic mass is 16.6. The van der Waals surface area contributed by atoms with Gasteiger partial charge in [-0.3, -0.25) is 19.3 Å². The number of aromatic hydroxyl groups is 1. The molecule has 6 atom stereocenters. The van der Waals surface area contributed by atoms with Crippen molar-refractivity contribution in [1.82, 2.24) is 9.80 Å². The highest BCUT2D eigenvalue weighted by molar-refractivity contribution is 6.23. The normalized spacial score (nSPS) is 24.4. The number of anilines is 1. The lowest BCUT2D eigenvalue weighted by molar-refractivity contribution is -0.179. The largest absolute Gasteiger partial charge is 0.508 e. The molecule has 10 rings (SSSR count). The number of rotatable bonds is 9. The molecule has 3 fully saturated rings. The van der Waals surface area contributed by atoms with Crippen LogP contribution in [0.5, 0.6) is 17.2 Å². The number of morpholine rings is 1. The monoisotopic (exact) mass is 959 g/mol. The van der Waals surface area contributed by atoms with Gasteiger partial charge in [0.2, 0.25) is 11.8 Å². The predicted octanol–water partition coefficient (Wildman–Crippen LogP) is 7.88. The first-order chi connectivity index (χ1) is 34.5. The van der Waals surface area contributed by atoms with Crippen molar-refractivity contribution in [3.63, 3.8) is 0 Å². The maximum atomic E-state index is 16.6. The van der Waals surface area contributed by atoms with Crippen LogP contribution in [-0.4, -0.2) is 96.6 Å². The molecule has 14 nitrogen and oxygen atoms in total. The van der Waals surface area contributed by atoms with Crippen molar-refractivity contribution < 1.29 is 53.1 Å². The third-order valence-corrected chi connectivity index (χ3v) is 15.0. The van der Waals surface area contributed by atoms with Crippen molar-refractivity contribution in [3.05, 3.63) is 154 Å². The Bertz CT molecular complexity index is 2890. The Hall–Kier alpha value is -7.18. The molecule has 0 unspecified atom stereocenters. The summed E-state index contributed by atoms with van der Waals surface area (Å²) in [4.78, 5) is 67.9. The van der Waals surface area contributed by atoms with Crippen LogP contribution in [0, 0.1) is 17.8 Å². The van der Waals surface area contributed by atoms with E-state index < -0.39 is 65.0 Å². The highest BCUT2D eigenvalue weighted by Gasteiger charge is 2.76. The van der Waals surface area contributed by atoms with E-state index in [1.54, 1.807) is 49.5 Å². The van der Waals surface area contributed by atoms with Crippen LogP contribution in [0.25, 0.3) is 0 Å². The van der Waals surface area contributed by atoms with Gasteiger partial charge < -0.3 is 38.8 Å². The van der Waals surface area contributed by atoms with Crippen LogP contribution in [0.15, 0.2) is 115 Å². The first-order valence-corrected chi connectivity index (χ1v) is 24.3. The van der Waals surface area contributed by atoms with Crippen molar-refractivity contribution in [2.75, 3.05) is 46.0 Å². The van der Waals surface area contributed by atoms with E-state index in [0.29, 0.717) is 47.5 Å². The number of benzene rings is 5. The maximum absolute atomic E-state index is 16.6. The van der Waals surface area contributed by atoms with Gasteiger partial charge in [-0.05, 0) is 108 Å². The maximum Gasteiger partial charge on any atom is 0.421 e. The second kappa shape index (κ2) is 19.5. The van der Waals surface area contributed by atoms with Gasteiger partial charge in [-0.1, -0.05) is 97.5 Å². The van der Waals surface area contributed by atoms with Crippen LogP contribution in [0.4, 0.5) is 10.5 Å². The molecule has 0 bridgehead atoms. The van der Waals surface area contributed by atoms with Crippen LogP contribution in [0.2, 0.25) is 0 Å². The number of carbonyl (C=O) groups is 4. The number of imide groups is 1. The number of methoxy groups -OCH3 is 3. The van der Waals surface area contributed by atoms with Crippen molar-refractivity contribution in [2.24, 2.45) is 5.92 Å². The number of phenolic OH excluding ortho intramolecular Hbond substituents is 1. The summed E-state index contributed by atoms with van der Waals surface area (Å²) in [5.41, 5.74) is 1.23. The zero-order valence-electron chi connectivity index (χ0n) is 40.0. The minimum absolute atomic E-state index is 0.0423. The number of aliphatic hydroxyl groups is 1. The number of ether oxygens (including phenoxy) is 5. The zero-order chi connectivity index (χ0) is 49.4. The van der Waals surface area contributed by atoms with Gasteiger partial charge in [-0.2, -0.15) is 0 Å². The number of esters is 1. The molecule has 5 aromatic rings. The molecule has 5 aliphatic rings. The smallest absolute Gasteiger partial charge is 0.421 e. The van der Waals surface area contributed by atoms with E-state index in [1.807, 2.05) is 77.7 Å². The van der Waals surface area contributed by atoms with Gasteiger partial charge in [0.15, 0.2) is 11.5 Å². The Morgan fingerprint density at radius 1 is 0.761 bits per heavy atom. The summed E-state index contributed by atoms with van der Waals surface area (Å²) in [6, 6.07) is 30.7. The van der Waals surface area contributed by atoms with Crippen molar-refractivity contribution in [3.8, 4) is 29.1 Å². The summed E-state index contributed by atoms with van der Waals surface area (Å²) >= 11 is 0. The molecule has 2 saturated heterocycles. The Morgan fingerprint density at radius 3 is 2.08 bits per heavy atom. The number of carbonyl (C=O) groups excluding carboxylic acids is 4. The summed E-state index contributed by atoms with van der Waals surface area (Å²) in [6.45, 7) is 0.206. The Morgan fingerprint density at radius 2 is 1.42 bits per heavy atom. The molecule has 4 heterocycles. The average molecular weight is 960 g/mol. The summed E-state index contributed by atoms with van der Waals surface area (Å²) in [5, 5.41) is 22.6. The van der Waals surface area contributed by atoms with E-state index in [4.69, 9.17) is 23.7 Å². The Labute approximate surface area is 413 Å². The van der Waals surface area contributed by atoms with E-state index in [9.17, 15) is 15.0 Å². The predicted molar refractivity (Wildman–Crippen MR) is 261 cm³/mol. The molecule has 1 aliphatic carbocycles. The number of hydrogen-bond acceptors (Lipinski definition) is 12. The second-order valence-corrected chi connectivity index (χ2v) is 19.0. The molecule has 2 N–H and O–H groups in total. The lowest BCUT2D eigenvalue weighted by Crippen LogP contribution is -2.57. The van der Waals surface area contributed by atoms with Crippen molar-refractivity contribution in [1.29, 1.82) is 0 Å². The zero-order valence-corrected chi connectivity index (χ0v) is 40.0. The summed E-state index contributed by atoms with van der Waals surface area (Å²) < 4.78 is 29.0. The van der Waals surface area contributed by atoms with E-state index in [2.05, 4.69) is 11.8 Å². The summed E-state index contributed by atoms with van der Waals surface area (Å²) in [6.07, 6.45) is 3.17. The third kappa shape index (κ3) is 8.35. The van der Waals surface area contributed by atoms with E-state index in [0.717, 1.165) is 47.3 Å². The second-order valence-electron chi connectivity index (χ2n) is 19.0. The van der Waals surface area contributed by atoms with Crippen LogP contribution in [0.3, 0.4) is 0 Å². The first-order valence-electron chi connectivity index (χ1n) is 24.3. The lowest BCUT2D eigenvalue weighted by atomic mass is 9.64. The number of phenols is 1. The topological polar surface area (TPSA) is 165 Å². The van der Waals surface area contributed by atoms with Crippen LogP contribution in [0.1, 0.15) is 95.7 Å². The van der Waals surface area contributed by atoms with Gasteiger partial charge in [0.1, 0.15) is 35.5 Å². The molecule has 5 aromatic carbocycles. The third-order valence-electron chi connectivity index (χ3n) is 15.0. The number of nitrogens with zero attached hydrogens (tertiary/aromatic N) is 3. The fraction of sp³-hybridized carbons (Fsp3) is 0.368. The van der Waals surface area contributed by atoms with E-state index in [-0.39, 0.29) is 43.3 Å². The summed E-state index contributed by atoms with van der Waals surface area (Å²) in [7, 11) is 4.58. The number of fused-ring (bicyclic) bond motifs is 4. The molecular formula is C57H57N3O11. The summed E-state index contributed by atoms with van der Waals surface area (Å²) in [5.74, 6) is 3.84. The van der Waals surface area contributed by atoms with Gasteiger partial charge in [-0.15, -0.1) is 0 Å². The van der Waals surface area contributed by atoms with Crippen LogP contribution < -0.4 is 14.4 Å². The number of amides is 3. The first kappa shape index (κ1) is 47.5. The molecule has 1 saturated carbocycles. The molecule has 0 aromatic heterocycles. The minimum Gasteiger partial charge on any atom is -0.508 e. The molecule has 3 amide bonds. The molecular weight excluding hydrogens is 903 g/mol. The fourth-order valence-corrected chi connectivity index (χ4v) is 11.8. The number of cyclic esters (lactones) is 1. The lowest BCUT2D eigenvalue weighted by Gasteiger charge is -2.46. The standard InChI is InChI=1S/C57H57N3O11/c1-67-30-31-70-55(65)59-44-23-18-36(24-28-56(66)26-12-4-5-13-27-56)32-43(44)57(54(59)64)47(52(62)58-29-25-40-33-45(68-2)46(69-3)34-41(40)35-58)49-53(63)71-50(38-16-10-7-11-17-38)48(37-14-8-6-9-15-37)60(49)51(57)39-19-21-42(61)22-20-39/h6-11,14-23,32-34,47-51,61,66H,4-5,12-13,25-27,29-31,35H2,1-3H3/t47-,48-,49-,50+,51+,57-/m0/s1. The molecule has 71 heavy (non-hydrogen) atoms. The van der Waals surface area contributed by atoms with E-state index in [1.165, 1.54) is 19.2 Å². The molecule has 1 spiro atoms. The Kier molecular flexibility index (Phi) is 13.1. The van der Waals surface area contributed by atoms with Gasteiger partial charge in [0.05, 0.1) is 44.5 Å². The van der Waals surface area contributed by atoms with E-state index >= 15 is 14.4 Å². The van der Waals surface area contributed by atoms with Gasteiger partial charge in [-0.25, -0.2) is 9.69 Å².